The zero-order valence-corrected chi connectivity index (χ0v) is 17.4. The van der Waals surface area contributed by atoms with Gasteiger partial charge in [-0.05, 0) is 62.9 Å². The van der Waals surface area contributed by atoms with E-state index in [-0.39, 0.29) is 17.4 Å². The molecule has 0 bridgehead atoms. The maximum Gasteiger partial charge on any atom is 0.410 e. The molecule has 28 heavy (non-hydrogen) atoms. The Bertz CT molecular complexity index is 822. The van der Waals surface area contributed by atoms with Crippen LogP contribution in [-0.2, 0) is 11.3 Å². The second-order valence-corrected chi connectivity index (χ2v) is 8.40. The number of carbonyl (C=O) groups excluding carboxylic acids is 1. The highest BCUT2D eigenvalue weighted by Crippen LogP contribution is 2.20. The van der Waals surface area contributed by atoms with Gasteiger partial charge in [0, 0.05) is 37.4 Å². The van der Waals surface area contributed by atoms with E-state index in [9.17, 15) is 4.79 Å². The van der Waals surface area contributed by atoms with Gasteiger partial charge in [0.2, 0.25) is 5.28 Å². The van der Waals surface area contributed by atoms with Crippen LogP contribution in [0.15, 0.2) is 36.5 Å². The molecular formula is C21H27ClN4O2. The molecule has 2 heterocycles. The molecule has 6 nitrogen and oxygen atoms in total. The van der Waals surface area contributed by atoms with Gasteiger partial charge in [0.1, 0.15) is 5.60 Å². The molecule has 0 saturated carbocycles. The van der Waals surface area contributed by atoms with Gasteiger partial charge in [-0.3, -0.25) is 0 Å². The Morgan fingerprint density at radius 2 is 2.18 bits per heavy atom. The molecule has 1 unspecified atom stereocenters. The summed E-state index contributed by atoms with van der Waals surface area (Å²) in [6.45, 7) is 7.81. The van der Waals surface area contributed by atoms with Crippen molar-refractivity contribution in [3.63, 3.8) is 0 Å². The van der Waals surface area contributed by atoms with Crippen LogP contribution >= 0.6 is 11.6 Å². The molecule has 7 heteroatoms. The largest absolute Gasteiger partial charge is 0.444 e. The lowest BCUT2D eigenvalue weighted by atomic mass is 10.0. The van der Waals surface area contributed by atoms with E-state index in [0.717, 1.165) is 42.8 Å². The average Bonchev–Trinajstić information content (AvgIpc) is 2.65. The van der Waals surface area contributed by atoms with Gasteiger partial charge in [-0.15, -0.1) is 0 Å². The van der Waals surface area contributed by atoms with Crippen LogP contribution in [-0.4, -0.2) is 45.7 Å². The second kappa shape index (κ2) is 8.88. The summed E-state index contributed by atoms with van der Waals surface area (Å²) in [5, 5.41) is 3.81. The Kier molecular flexibility index (Phi) is 6.52. The number of rotatable bonds is 4. The summed E-state index contributed by atoms with van der Waals surface area (Å²) >= 11 is 5.90. The first kappa shape index (κ1) is 20.6. The molecule has 1 aliphatic heterocycles. The first-order valence-electron chi connectivity index (χ1n) is 9.59. The lowest BCUT2D eigenvalue weighted by Gasteiger charge is -2.34. The number of nitrogens with one attached hydrogen (secondary N) is 1. The molecule has 1 saturated heterocycles. The summed E-state index contributed by atoms with van der Waals surface area (Å²) < 4.78 is 5.50. The van der Waals surface area contributed by atoms with Gasteiger partial charge in [-0.1, -0.05) is 18.2 Å². The van der Waals surface area contributed by atoms with E-state index in [2.05, 4.69) is 27.4 Å². The number of ether oxygens (including phenoxy) is 1. The molecule has 1 aromatic carbocycles. The van der Waals surface area contributed by atoms with Gasteiger partial charge in [-0.25, -0.2) is 14.8 Å². The number of likely N-dealkylation sites (tertiary alicyclic amines) is 1. The SMILES string of the molecule is CC(C)(C)OC(=O)N1CCCC(NCc2cccc(-c3ccnc(Cl)n3)c2)C1. The highest BCUT2D eigenvalue weighted by molar-refractivity contribution is 6.28. The summed E-state index contributed by atoms with van der Waals surface area (Å²) in [5.74, 6) is 0. The first-order chi connectivity index (χ1) is 13.3. The number of nitrogens with zero attached hydrogens (tertiary/aromatic N) is 3. The third kappa shape index (κ3) is 5.91. The van der Waals surface area contributed by atoms with E-state index >= 15 is 0 Å². The predicted molar refractivity (Wildman–Crippen MR) is 110 cm³/mol. The van der Waals surface area contributed by atoms with E-state index in [0.29, 0.717) is 6.54 Å². The summed E-state index contributed by atoms with van der Waals surface area (Å²) in [4.78, 5) is 22.3. The summed E-state index contributed by atoms with van der Waals surface area (Å²) in [7, 11) is 0. The van der Waals surface area contributed by atoms with E-state index in [4.69, 9.17) is 16.3 Å². The Hall–Kier alpha value is -2.18. The molecule has 0 radical (unpaired) electrons. The third-order valence-corrected chi connectivity index (χ3v) is 4.70. The fraction of sp³-hybridized carbons (Fsp3) is 0.476. The van der Waals surface area contributed by atoms with Crippen LogP contribution in [0, 0.1) is 0 Å². The van der Waals surface area contributed by atoms with Crippen molar-refractivity contribution in [3.8, 4) is 11.3 Å². The standard InChI is InChI=1S/C21H27ClN4O2/c1-21(2,3)28-20(27)26-11-5-8-17(14-26)24-13-15-6-4-7-16(12-15)18-9-10-23-19(22)25-18/h4,6-7,9-10,12,17,24H,5,8,11,13-14H2,1-3H3. The summed E-state index contributed by atoms with van der Waals surface area (Å²) in [6, 6.07) is 10.3. The highest BCUT2D eigenvalue weighted by Gasteiger charge is 2.27. The van der Waals surface area contributed by atoms with E-state index < -0.39 is 5.60 Å². The number of carbonyl (C=O) groups is 1. The minimum atomic E-state index is -0.470. The number of benzene rings is 1. The van der Waals surface area contributed by atoms with Crippen molar-refractivity contribution in [2.24, 2.45) is 0 Å². The average molecular weight is 403 g/mol. The van der Waals surface area contributed by atoms with Gasteiger partial charge in [0.25, 0.3) is 0 Å². The molecule has 150 valence electrons. The van der Waals surface area contributed by atoms with Gasteiger partial charge >= 0.3 is 6.09 Å². The molecule has 3 rings (SSSR count). The van der Waals surface area contributed by atoms with Crippen LogP contribution in [0.1, 0.15) is 39.2 Å². The summed E-state index contributed by atoms with van der Waals surface area (Å²) in [5.41, 5.74) is 2.49. The van der Waals surface area contributed by atoms with Crippen molar-refractivity contribution in [3.05, 3.63) is 47.4 Å². The molecule has 1 amide bonds. The van der Waals surface area contributed by atoms with Gasteiger partial charge < -0.3 is 15.0 Å². The van der Waals surface area contributed by atoms with Crippen LogP contribution in [0.4, 0.5) is 4.79 Å². The topological polar surface area (TPSA) is 67.3 Å². The molecular weight excluding hydrogens is 376 g/mol. The van der Waals surface area contributed by atoms with Gasteiger partial charge in [0.15, 0.2) is 0 Å². The second-order valence-electron chi connectivity index (χ2n) is 8.06. The number of amides is 1. The lowest BCUT2D eigenvalue weighted by Crippen LogP contribution is -2.49. The minimum absolute atomic E-state index is 0.235. The van der Waals surface area contributed by atoms with E-state index in [1.807, 2.05) is 39.0 Å². The quantitative estimate of drug-likeness (QED) is 0.773. The number of halogens is 1. The number of piperidine rings is 1. The molecule has 0 aliphatic carbocycles. The molecule has 0 spiro atoms. The van der Waals surface area contributed by atoms with Gasteiger partial charge in [0.05, 0.1) is 5.69 Å². The Morgan fingerprint density at radius 3 is 2.93 bits per heavy atom. The van der Waals surface area contributed by atoms with Crippen molar-refractivity contribution in [1.29, 1.82) is 0 Å². The van der Waals surface area contributed by atoms with Crippen LogP contribution < -0.4 is 5.32 Å². The van der Waals surface area contributed by atoms with Crippen molar-refractivity contribution >= 4 is 17.7 Å². The van der Waals surface area contributed by atoms with Crippen molar-refractivity contribution < 1.29 is 9.53 Å². The molecule has 1 aromatic heterocycles. The molecule has 2 aromatic rings. The Morgan fingerprint density at radius 1 is 1.36 bits per heavy atom. The summed E-state index contributed by atoms with van der Waals surface area (Å²) in [6.07, 6.45) is 3.43. The molecule has 1 N–H and O–H groups in total. The van der Waals surface area contributed by atoms with Crippen LogP contribution in [0.5, 0.6) is 0 Å². The third-order valence-electron chi connectivity index (χ3n) is 4.52. The van der Waals surface area contributed by atoms with Crippen LogP contribution in [0.3, 0.4) is 0 Å². The zero-order valence-electron chi connectivity index (χ0n) is 16.6. The van der Waals surface area contributed by atoms with E-state index in [1.165, 1.54) is 0 Å². The number of hydrogen-bond donors (Lipinski definition) is 1. The smallest absolute Gasteiger partial charge is 0.410 e. The molecule has 1 fully saturated rings. The Labute approximate surface area is 171 Å². The predicted octanol–water partition coefficient (Wildman–Crippen LogP) is 4.29. The first-order valence-corrected chi connectivity index (χ1v) is 9.97. The Balaban J connectivity index is 1.58. The monoisotopic (exact) mass is 402 g/mol. The number of aromatic nitrogens is 2. The lowest BCUT2D eigenvalue weighted by molar-refractivity contribution is 0.0187. The fourth-order valence-corrected chi connectivity index (χ4v) is 3.38. The van der Waals surface area contributed by atoms with Crippen molar-refractivity contribution in [1.82, 2.24) is 20.2 Å². The zero-order chi connectivity index (χ0) is 20.1. The van der Waals surface area contributed by atoms with Crippen LogP contribution in [0.2, 0.25) is 5.28 Å². The van der Waals surface area contributed by atoms with Crippen molar-refractivity contribution in [2.75, 3.05) is 13.1 Å². The van der Waals surface area contributed by atoms with Crippen molar-refractivity contribution in [2.45, 2.75) is 51.8 Å². The van der Waals surface area contributed by atoms with Crippen LogP contribution in [0.25, 0.3) is 11.3 Å². The fourth-order valence-electron chi connectivity index (χ4n) is 3.23. The highest BCUT2D eigenvalue weighted by atomic mass is 35.5. The number of hydrogen-bond acceptors (Lipinski definition) is 5. The normalized spacial score (nSPS) is 17.4. The maximum absolute atomic E-state index is 12.3. The maximum atomic E-state index is 12.3. The van der Waals surface area contributed by atoms with E-state index in [1.54, 1.807) is 11.1 Å². The molecule has 1 atom stereocenters. The molecule has 1 aliphatic rings. The van der Waals surface area contributed by atoms with Gasteiger partial charge in [-0.2, -0.15) is 0 Å². The minimum Gasteiger partial charge on any atom is -0.444 e.